The van der Waals surface area contributed by atoms with Gasteiger partial charge < -0.3 is 19.3 Å². The predicted molar refractivity (Wildman–Crippen MR) is 75.3 cm³/mol. The molecule has 2 aliphatic rings. The number of methoxy groups -OCH3 is 1. The Bertz CT molecular complexity index is 466. The van der Waals surface area contributed by atoms with Gasteiger partial charge in [-0.3, -0.25) is 0 Å². The summed E-state index contributed by atoms with van der Waals surface area (Å²) in [4.78, 5) is 0. The fourth-order valence-corrected chi connectivity index (χ4v) is 3.22. The molecule has 0 bridgehead atoms. The van der Waals surface area contributed by atoms with Crippen LogP contribution in [0.4, 0.5) is 0 Å². The molecule has 4 nitrogen and oxygen atoms in total. The second kappa shape index (κ2) is 5.92. The van der Waals surface area contributed by atoms with E-state index in [-0.39, 0.29) is 6.79 Å². The highest BCUT2D eigenvalue weighted by Crippen LogP contribution is 2.44. The molecule has 1 aromatic carbocycles. The average molecular weight is 278 g/mol. The van der Waals surface area contributed by atoms with E-state index in [0.29, 0.717) is 23.2 Å². The van der Waals surface area contributed by atoms with Gasteiger partial charge in [-0.15, -0.1) is 0 Å². The third-order valence-corrected chi connectivity index (χ3v) is 4.35. The summed E-state index contributed by atoms with van der Waals surface area (Å²) in [5.74, 6) is 2.58. The van der Waals surface area contributed by atoms with Crippen LogP contribution in [-0.4, -0.2) is 19.0 Å². The van der Waals surface area contributed by atoms with Crippen LogP contribution in [0.5, 0.6) is 17.2 Å². The van der Waals surface area contributed by atoms with Gasteiger partial charge in [-0.05, 0) is 30.0 Å². The lowest BCUT2D eigenvalue weighted by Gasteiger charge is -2.24. The van der Waals surface area contributed by atoms with Gasteiger partial charge in [-0.1, -0.05) is 32.1 Å². The second-order valence-corrected chi connectivity index (χ2v) is 5.71. The van der Waals surface area contributed by atoms with E-state index in [1.165, 1.54) is 32.1 Å². The molecule has 1 aliphatic heterocycles. The molecule has 1 unspecified atom stereocenters. The minimum atomic E-state index is -0.457. The summed E-state index contributed by atoms with van der Waals surface area (Å²) in [5, 5.41) is 10.5. The van der Waals surface area contributed by atoms with Gasteiger partial charge in [0, 0.05) is 0 Å². The Morgan fingerprint density at radius 1 is 1.25 bits per heavy atom. The van der Waals surface area contributed by atoms with E-state index in [1.54, 1.807) is 7.11 Å². The number of hydrogen-bond acceptors (Lipinski definition) is 4. The number of aliphatic hydroxyl groups excluding tert-OH is 1. The summed E-state index contributed by atoms with van der Waals surface area (Å²) in [5.41, 5.74) is 0.858. The van der Waals surface area contributed by atoms with Gasteiger partial charge in [-0.25, -0.2) is 0 Å². The van der Waals surface area contributed by atoms with Crippen LogP contribution < -0.4 is 14.2 Å². The van der Waals surface area contributed by atoms with Crippen molar-refractivity contribution >= 4 is 0 Å². The zero-order valence-electron chi connectivity index (χ0n) is 11.9. The van der Waals surface area contributed by atoms with Crippen molar-refractivity contribution in [1.29, 1.82) is 0 Å². The van der Waals surface area contributed by atoms with Gasteiger partial charge in [0.25, 0.3) is 0 Å². The zero-order valence-corrected chi connectivity index (χ0v) is 11.9. The molecule has 3 rings (SSSR count). The van der Waals surface area contributed by atoms with Crippen LogP contribution >= 0.6 is 0 Å². The van der Waals surface area contributed by atoms with E-state index >= 15 is 0 Å². The first-order chi connectivity index (χ1) is 9.78. The van der Waals surface area contributed by atoms with E-state index in [9.17, 15) is 5.11 Å². The van der Waals surface area contributed by atoms with E-state index in [1.807, 2.05) is 12.1 Å². The fraction of sp³-hybridized carbons (Fsp3) is 0.625. The van der Waals surface area contributed by atoms with Crippen molar-refractivity contribution in [2.75, 3.05) is 13.9 Å². The molecule has 1 aromatic rings. The van der Waals surface area contributed by atoms with Crippen molar-refractivity contribution < 1.29 is 19.3 Å². The minimum absolute atomic E-state index is 0.216. The van der Waals surface area contributed by atoms with Crippen molar-refractivity contribution in [3.8, 4) is 17.2 Å². The number of rotatable bonds is 4. The average Bonchev–Trinajstić information content (AvgIpc) is 2.95. The maximum atomic E-state index is 10.5. The molecular formula is C16H22O4. The highest BCUT2D eigenvalue weighted by molar-refractivity contribution is 5.55. The molecule has 1 fully saturated rings. The molecule has 4 heteroatoms. The first-order valence-electron chi connectivity index (χ1n) is 7.43. The Kier molecular flexibility index (Phi) is 4.01. The molecule has 1 N–H and O–H groups in total. The molecule has 1 atom stereocenters. The molecule has 110 valence electrons. The van der Waals surface area contributed by atoms with Crippen LogP contribution in [0.15, 0.2) is 12.1 Å². The van der Waals surface area contributed by atoms with Crippen LogP contribution in [0.2, 0.25) is 0 Å². The van der Waals surface area contributed by atoms with E-state index in [0.717, 1.165) is 12.0 Å². The molecule has 20 heavy (non-hydrogen) atoms. The molecular weight excluding hydrogens is 256 g/mol. The number of hydrogen-bond donors (Lipinski definition) is 1. The van der Waals surface area contributed by atoms with Gasteiger partial charge in [0.05, 0.1) is 13.2 Å². The van der Waals surface area contributed by atoms with E-state index in [2.05, 4.69) is 0 Å². The molecule has 0 aromatic heterocycles. The van der Waals surface area contributed by atoms with Crippen molar-refractivity contribution in [1.82, 2.24) is 0 Å². The Morgan fingerprint density at radius 2 is 2.05 bits per heavy atom. The Morgan fingerprint density at radius 3 is 2.80 bits per heavy atom. The zero-order chi connectivity index (χ0) is 13.9. The summed E-state index contributed by atoms with van der Waals surface area (Å²) in [7, 11) is 1.61. The normalized spacial score (nSPS) is 19.9. The quantitative estimate of drug-likeness (QED) is 0.916. The lowest BCUT2D eigenvalue weighted by Crippen LogP contribution is -2.11. The van der Waals surface area contributed by atoms with Crippen molar-refractivity contribution in [3.05, 3.63) is 17.7 Å². The smallest absolute Gasteiger partial charge is 0.231 e. The summed E-state index contributed by atoms with van der Waals surface area (Å²) in [6.07, 6.45) is 6.76. The van der Waals surface area contributed by atoms with E-state index < -0.39 is 6.10 Å². The number of fused-ring (bicyclic) bond motifs is 1. The van der Waals surface area contributed by atoms with Gasteiger partial charge >= 0.3 is 0 Å². The molecule has 0 spiro atoms. The highest BCUT2D eigenvalue weighted by atomic mass is 16.7. The SMILES string of the molecule is COc1cc(C(O)CC2CCCCC2)cc2c1OCO2. The summed E-state index contributed by atoms with van der Waals surface area (Å²) < 4.78 is 16.1. The minimum Gasteiger partial charge on any atom is -0.493 e. The largest absolute Gasteiger partial charge is 0.493 e. The van der Waals surface area contributed by atoms with Crippen LogP contribution in [0.25, 0.3) is 0 Å². The topological polar surface area (TPSA) is 47.9 Å². The first kappa shape index (κ1) is 13.6. The van der Waals surface area contributed by atoms with E-state index in [4.69, 9.17) is 14.2 Å². The molecule has 1 heterocycles. The van der Waals surface area contributed by atoms with Gasteiger partial charge in [0.1, 0.15) is 0 Å². The fourth-order valence-electron chi connectivity index (χ4n) is 3.22. The summed E-state index contributed by atoms with van der Waals surface area (Å²) >= 11 is 0. The van der Waals surface area contributed by atoms with Crippen LogP contribution in [0.3, 0.4) is 0 Å². The maximum Gasteiger partial charge on any atom is 0.231 e. The molecule has 1 aliphatic carbocycles. The van der Waals surface area contributed by atoms with Crippen molar-refractivity contribution in [3.63, 3.8) is 0 Å². The predicted octanol–water partition coefficient (Wildman–Crippen LogP) is 3.43. The molecule has 1 saturated carbocycles. The third-order valence-electron chi connectivity index (χ3n) is 4.35. The van der Waals surface area contributed by atoms with Gasteiger partial charge in [-0.2, -0.15) is 0 Å². The first-order valence-corrected chi connectivity index (χ1v) is 7.43. The number of ether oxygens (including phenoxy) is 3. The van der Waals surface area contributed by atoms with Crippen LogP contribution in [-0.2, 0) is 0 Å². The lowest BCUT2D eigenvalue weighted by molar-refractivity contribution is 0.131. The van der Waals surface area contributed by atoms with Crippen LogP contribution in [0, 0.1) is 5.92 Å². The van der Waals surface area contributed by atoms with Crippen LogP contribution in [0.1, 0.15) is 50.2 Å². The van der Waals surface area contributed by atoms with Crippen molar-refractivity contribution in [2.24, 2.45) is 5.92 Å². The Labute approximate surface area is 119 Å². The highest BCUT2D eigenvalue weighted by Gasteiger charge is 2.24. The third kappa shape index (κ3) is 2.70. The Balaban J connectivity index is 1.75. The molecule has 0 radical (unpaired) electrons. The molecule has 0 saturated heterocycles. The van der Waals surface area contributed by atoms with Gasteiger partial charge in [0.2, 0.25) is 12.5 Å². The van der Waals surface area contributed by atoms with Gasteiger partial charge in [0.15, 0.2) is 11.5 Å². The standard InChI is InChI=1S/C16H22O4/c1-18-14-8-12(9-15-16(14)20-10-19-15)13(17)7-11-5-3-2-4-6-11/h8-9,11,13,17H,2-7,10H2,1H3. The lowest BCUT2D eigenvalue weighted by atomic mass is 9.84. The summed E-state index contributed by atoms with van der Waals surface area (Å²) in [6, 6.07) is 3.74. The Hall–Kier alpha value is -1.42. The second-order valence-electron chi connectivity index (χ2n) is 5.71. The molecule has 0 amide bonds. The summed E-state index contributed by atoms with van der Waals surface area (Å²) in [6.45, 7) is 0.216. The maximum absolute atomic E-state index is 10.5. The monoisotopic (exact) mass is 278 g/mol. The number of aliphatic hydroxyl groups is 1. The van der Waals surface area contributed by atoms with Crippen molar-refractivity contribution in [2.45, 2.75) is 44.6 Å². The number of benzene rings is 1.